The van der Waals surface area contributed by atoms with Crippen molar-refractivity contribution in [1.29, 1.82) is 0 Å². The van der Waals surface area contributed by atoms with Crippen LogP contribution in [0.5, 0.6) is 0 Å². The van der Waals surface area contributed by atoms with Gasteiger partial charge in [-0.25, -0.2) is 9.78 Å². The molecule has 0 spiro atoms. The maximum atomic E-state index is 10.5. The van der Waals surface area contributed by atoms with Gasteiger partial charge in [0.25, 0.3) is 0 Å². The van der Waals surface area contributed by atoms with E-state index in [1.54, 1.807) is 0 Å². The Labute approximate surface area is 81.5 Å². The highest BCUT2D eigenvalue weighted by molar-refractivity contribution is 9.10. The second-order valence-electron chi connectivity index (χ2n) is 1.99. The van der Waals surface area contributed by atoms with Gasteiger partial charge in [-0.15, -0.1) is 0 Å². The number of carbonyl (C=O) groups is 1. The van der Waals surface area contributed by atoms with Crippen molar-refractivity contribution in [3.63, 3.8) is 0 Å². The summed E-state index contributed by atoms with van der Waals surface area (Å²) < 4.78 is 0.484. The summed E-state index contributed by atoms with van der Waals surface area (Å²) in [5.74, 6) is -1.09. The van der Waals surface area contributed by atoms with Crippen molar-refractivity contribution in [1.82, 2.24) is 4.98 Å². The Morgan fingerprint density at radius 2 is 2.33 bits per heavy atom. The zero-order valence-corrected chi connectivity index (χ0v) is 8.06. The molecule has 0 saturated carbocycles. The number of nitrogens with two attached hydrogens (primary N) is 1. The third-order valence-electron chi connectivity index (χ3n) is 1.16. The lowest BCUT2D eigenvalue weighted by molar-refractivity contribution is 0.0691. The number of anilines is 1. The average Bonchev–Trinajstić information content (AvgIpc) is 1.96. The molecule has 0 bridgehead atoms. The first kappa shape index (κ1) is 9.28. The van der Waals surface area contributed by atoms with Gasteiger partial charge in [0, 0.05) is 0 Å². The van der Waals surface area contributed by atoms with Crippen molar-refractivity contribution >= 4 is 39.3 Å². The largest absolute Gasteiger partial charge is 0.476 e. The summed E-state index contributed by atoms with van der Waals surface area (Å²) in [6, 6.07) is 1.40. The van der Waals surface area contributed by atoms with Crippen molar-refractivity contribution < 1.29 is 9.90 Å². The van der Waals surface area contributed by atoms with E-state index in [1.807, 2.05) is 0 Å². The Morgan fingerprint density at radius 3 is 2.83 bits per heavy atom. The molecule has 0 aliphatic heterocycles. The van der Waals surface area contributed by atoms with Gasteiger partial charge in [0.15, 0.2) is 5.69 Å². The summed E-state index contributed by atoms with van der Waals surface area (Å²) in [4.78, 5) is 14.0. The lowest BCUT2D eigenvalue weighted by Crippen LogP contribution is -2.04. The molecule has 0 aliphatic rings. The predicted octanol–water partition coefficient (Wildman–Crippen LogP) is 1.78. The highest BCUT2D eigenvalue weighted by atomic mass is 79.9. The van der Waals surface area contributed by atoms with Crippen LogP contribution in [0.25, 0.3) is 0 Å². The summed E-state index contributed by atoms with van der Waals surface area (Å²) in [6.07, 6.45) is 0. The molecule has 0 atom stereocenters. The highest BCUT2D eigenvalue weighted by Gasteiger charge is 2.12. The monoisotopic (exact) mass is 250 g/mol. The Hall–Kier alpha value is -0.810. The smallest absolute Gasteiger partial charge is 0.356 e. The van der Waals surface area contributed by atoms with Gasteiger partial charge in [-0.2, -0.15) is 0 Å². The van der Waals surface area contributed by atoms with Gasteiger partial charge in [0.05, 0.1) is 9.50 Å². The summed E-state index contributed by atoms with van der Waals surface area (Å²) in [7, 11) is 0. The van der Waals surface area contributed by atoms with E-state index >= 15 is 0 Å². The van der Waals surface area contributed by atoms with E-state index in [-0.39, 0.29) is 16.5 Å². The maximum Gasteiger partial charge on any atom is 0.356 e. The minimum Gasteiger partial charge on any atom is -0.476 e. The van der Waals surface area contributed by atoms with Crippen molar-refractivity contribution in [3.05, 3.63) is 21.3 Å². The van der Waals surface area contributed by atoms with Crippen LogP contribution >= 0.6 is 27.5 Å². The average molecular weight is 251 g/mol. The van der Waals surface area contributed by atoms with Crippen LogP contribution in [-0.2, 0) is 0 Å². The Morgan fingerprint density at radius 1 is 1.75 bits per heavy atom. The number of hydrogen-bond donors (Lipinski definition) is 2. The molecule has 0 aliphatic carbocycles. The Bertz CT molecular complexity index is 343. The van der Waals surface area contributed by atoms with E-state index < -0.39 is 5.97 Å². The number of pyridine rings is 1. The summed E-state index contributed by atoms with van der Waals surface area (Å²) in [6.45, 7) is 0. The fraction of sp³-hybridized carbons (Fsp3) is 0. The van der Waals surface area contributed by atoms with Crippen LogP contribution in [0.1, 0.15) is 10.5 Å². The number of halogens is 2. The van der Waals surface area contributed by atoms with Crippen LogP contribution in [0.4, 0.5) is 5.82 Å². The molecule has 0 amide bonds. The first-order valence-electron chi connectivity index (χ1n) is 2.87. The second-order valence-corrected chi connectivity index (χ2v) is 3.25. The number of carboxylic acid groups (broad SMARTS) is 1. The standard InChI is InChI=1S/C6H4BrClN2O2/c7-2-1-3(8)4(6(11)12)10-5(2)9/h1H,(H2,9,10)(H,11,12). The van der Waals surface area contributed by atoms with Crippen LogP contribution < -0.4 is 5.73 Å². The predicted molar refractivity (Wildman–Crippen MR) is 48.3 cm³/mol. The van der Waals surface area contributed by atoms with Gasteiger partial charge in [-0.3, -0.25) is 0 Å². The molecule has 1 heterocycles. The van der Waals surface area contributed by atoms with Crippen LogP contribution in [0.2, 0.25) is 5.02 Å². The van der Waals surface area contributed by atoms with Gasteiger partial charge in [0.2, 0.25) is 0 Å². The molecule has 3 N–H and O–H groups in total. The number of rotatable bonds is 1. The first-order valence-corrected chi connectivity index (χ1v) is 4.04. The fourth-order valence-corrected chi connectivity index (χ4v) is 1.31. The lowest BCUT2D eigenvalue weighted by atomic mass is 10.3. The molecule has 6 heteroatoms. The quantitative estimate of drug-likeness (QED) is 0.797. The zero-order chi connectivity index (χ0) is 9.30. The number of nitrogen functional groups attached to an aromatic ring is 1. The molecular weight excluding hydrogens is 247 g/mol. The van der Waals surface area contributed by atoms with Gasteiger partial charge >= 0.3 is 5.97 Å². The van der Waals surface area contributed by atoms with Crippen molar-refractivity contribution in [2.24, 2.45) is 0 Å². The zero-order valence-electron chi connectivity index (χ0n) is 5.71. The van der Waals surface area contributed by atoms with Gasteiger partial charge < -0.3 is 10.8 Å². The van der Waals surface area contributed by atoms with E-state index in [2.05, 4.69) is 20.9 Å². The van der Waals surface area contributed by atoms with Crippen LogP contribution in [0.3, 0.4) is 0 Å². The molecule has 1 rings (SSSR count). The van der Waals surface area contributed by atoms with E-state index in [0.29, 0.717) is 4.47 Å². The second kappa shape index (κ2) is 3.28. The third kappa shape index (κ3) is 1.67. The van der Waals surface area contributed by atoms with Crippen molar-refractivity contribution in [2.45, 2.75) is 0 Å². The van der Waals surface area contributed by atoms with E-state index in [9.17, 15) is 4.79 Å². The molecule has 4 nitrogen and oxygen atoms in total. The fourth-order valence-electron chi connectivity index (χ4n) is 0.631. The third-order valence-corrected chi connectivity index (χ3v) is 2.08. The van der Waals surface area contributed by atoms with E-state index in [4.69, 9.17) is 22.4 Å². The van der Waals surface area contributed by atoms with E-state index in [0.717, 1.165) is 0 Å². The molecule has 0 fully saturated rings. The Balaban J connectivity index is 3.33. The van der Waals surface area contributed by atoms with Gasteiger partial charge in [-0.05, 0) is 22.0 Å². The topological polar surface area (TPSA) is 76.2 Å². The first-order chi connectivity index (χ1) is 5.52. The van der Waals surface area contributed by atoms with E-state index in [1.165, 1.54) is 6.07 Å². The van der Waals surface area contributed by atoms with Crippen molar-refractivity contribution in [3.8, 4) is 0 Å². The molecule has 64 valence electrons. The molecule has 0 unspecified atom stereocenters. The minimum atomic E-state index is -1.20. The number of carboxylic acids is 1. The molecular formula is C6H4BrClN2O2. The molecule has 1 aromatic rings. The summed E-state index contributed by atoms with van der Waals surface area (Å²) in [5, 5.41) is 8.62. The number of aromatic carboxylic acids is 1. The minimum absolute atomic E-state index is 0.0589. The number of nitrogens with zero attached hydrogens (tertiary/aromatic N) is 1. The lowest BCUT2D eigenvalue weighted by Gasteiger charge is -2.00. The molecule has 0 saturated heterocycles. The number of hydrogen-bond acceptors (Lipinski definition) is 3. The molecule has 1 aromatic heterocycles. The molecule has 0 aromatic carbocycles. The van der Waals surface area contributed by atoms with Gasteiger partial charge in [0.1, 0.15) is 5.82 Å². The van der Waals surface area contributed by atoms with Crippen LogP contribution in [0, 0.1) is 0 Å². The maximum absolute atomic E-state index is 10.5. The van der Waals surface area contributed by atoms with Gasteiger partial charge in [-0.1, -0.05) is 11.6 Å². The summed E-state index contributed by atoms with van der Waals surface area (Å²) >= 11 is 8.63. The normalized spacial score (nSPS) is 9.83. The summed E-state index contributed by atoms with van der Waals surface area (Å²) in [5.41, 5.74) is 5.11. The van der Waals surface area contributed by atoms with Crippen LogP contribution in [-0.4, -0.2) is 16.1 Å². The van der Waals surface area contributed by atoms with Crippen molar-refractivity contribution in [2.75, 3.05) is 5.73 Å². The molecule has 0 radical (unpaired) electrons. The number of aromatic nitrogens is 1. The SMILES string of the molecule is Nc1nc(C(=O)O)c(Cl)cc1Br. The highest BCUT2D eigenvalue weighted by Crippen LogP contribution is 2.24. The Kier molecular flexibility index (Phi) is 2.54. The molecule has 12 heavy (non-hydrogen) atoms. The van der Waals surface area contributed by atoms with Crippen LogP contribution in [0.15, 0.2) is 10.5 Å².